The first-order valence-electron chi connectivity index (χ1n) is 6.93. The minimum atomic E-state index is 0. The van der Waals surface area contributed by atoms with Gasteiger partial charge in [0.05, 0.1) is 12.5 Å². The van der Waals surface area contributed by atoms with Gasteiger partial charge in [0.15, 0.2) is 0 Å². The Hall–Kier alpha value is -0.320. The van der Waals surface area contributed by atoms with Crippen molar-refractivity contribution in [2.75, 3.05) is 26.2 Å². The molecule has 106 valence electrons. The molecule has 5 heteroatoms. The number of nitrogens with one attached hydrogen (secondary N) is 2. The van der Waals surface area contributed by atoms with Crippen molar-refractivity contribution in [3.05, 3.63) is 0 Å². The Morgan fingerprint density at radius 2 is 2.22 bits per heavy atom. The lowest BCUT2D eigenvalue weighted by molar-refractivity contribution is -0.124. The van der Waals surface area contributed by atoms with Crippen molar-refractivity contribution in [3.8, 4) is 0 Å². The maximum Gasteiger partial charge on any atom is 0.222 e. The Labute approximate surface area is 116 Å². The Morgan fingerprint density at radius 1 is 1.33 bits per heavy atom. The molecule has 0 aromatic rings. The van der Waals surface area contributed by atoms with Crippen molar-refractivity contribution in [2.24, 2.45) is 5.92 Å². The third-order valence-electron chi connectivity index (χ3n) is 3.72. The summed E-state index contributed by atoms with van der Waals surface area (Å²) in [6.45, 7) is 3.89. The minimum absolute atomic E-state index is 0. The summed E-state index contributed by atoms with van der Waals surface area (Å²) in [6, 6.07) is 0. The van der Waals surface area contributed by atoms with E-state index in [4.69, 9.17) is 4.74 Å². The van der Waals surface area contributed by atoms with Gasteiger partial charge in [0.2, 0.25) is 5.91 Å². The lowest BCUT2D eigenvalue weighted by Gasteiger charge is -2.22. The molecule has 0 aromatic heterocycles. The van der Waals surface area contributed by atoms with E-state index in [9.17, 15) is 4.79 Å². The van der Waals surface area contributed by atoms with Crippen LogP contribution in [-0.2, 0) is 9.53 Å². The van der Waals surface area contributed by atoms with Crippen LogP contribution in [0.2, 0.25) is 0 Å². The average molecular weight is 277 g/mol. The van der Waals surface area contributed by atoms with Crippen molar-refractivity contribution in [1.29, 1.82) is 0 Å². The Balaban J connectivity index is 0.00000162. The number of carbonyl (C=O) groups excluding carboxylic acids is 1. The molecule has 2 saturated heterocycles. The molecule has 2 aliphatic heterocycles. The predicted molar refractivity (Wildman–Crippen MR) is 74.1 cm³/mol. The zero-order valence-corrected chi connectivity index (χ0v) is 11.8. The molecule has 2 unspecified atom stereocenters. The monoisotopic (exact) mass is 276 g/mol. The summed E-state index contributed by atoms with van der Waals surface area (Å²) in [5.41, 5.74) is 0. The van der Waals surface area contributed by atoms with Crippen LogP contribution >= 0.6 is 12.4 Å². The smallest absolute Gasteiger partial charge is 0.222 e. The first-order chi connectivity index (χ1) is 8.34. The van der Waals surface area contributed by atoms with Crippen LogP contribution in [0.25, 0.3) is 0 Å². The number of hydrogen-bond donors (Lipinski definition) is 2. The molecule has 2 fully saturated rings. The number of halogens is 1. The van der Waals surface area contributed by atoms with Gasteiger partial charge in [-0.2, -0.15) is 0 Å². The topological polar surface area (TPSA) is 50.4 Å². The standard InChI is InChI=1S/C13H24N2O2.ClH/c16-13(9-12-3-1-2-8-17-12)15-7-5-11-4-6-14-10-11;/h11-12,14H,1-10H2,(H,15,16);1H. The van der Waals surface area contributed by atoms with E-state index in [-0.39, 0.29) is 24.4 Å². The molecule has 2 atom stereocenters. The van der Waals surface area contributed by atoms with Crippen LogP contribution in [0.3, 0.4) is 0 Å². The third-order valence-corrected chi connectivity index (χ3v) is 3.72. The Bertz CT molecular complexity index is 239. The molecule has 1 amide bonds. The summed E-state index contributed by atoms with van der Waals surface area (Å²) in [6.07, 6.45) is 6.45. The van der Waals surface area contributed by atoms with E-state index < -0.39 is 0 Å². The van der Waals surface area contributed by atoms with E-state index in [1.54, 1.807) is 0 Å². The van der Waals surface area contributed by atoms with Gasteiger partial charge in [-0.05, 0) is 51.1 Å². The van der Waals surface area contributed by atoms with E-state index >= 15 is 0 Å². The van der Waals surface area contributed by atoms with Crippen molar-refractivity contribution in [1.82, 2.24) is 10.6 Å². The van der Waals surface area contributed by atoms with E-state index in [0.29, 0.717) is 6.42 Å². The summed E-state index contributed by atoms with van der Waals surface area (Å²) in [5, 5.41) is 6.35. The van der Waals surface area contributed by atoms with Gasteiger partial charge in [-0.3, -0.25) is 4.79 Å². The number of hydrogen-bond acceptors (Lipinski definition) is 3. The second-order valence-corrected chi connectivity index (χ2v) is 5.19. The molecule has 2 rings (SSSR count). The molecule has 2 aliphatic rings. The number of carbonyl (C=O) groups is 1. The summed E-state index contributed by atoms with van der Waals surface area (Å²) in [5.74, 6) is 0.907. The SMILES string of the molecule is Cl.O=C(CC1CCCCO1)NCCC1CCNC1. The lowest BCUT2D eigenvalue weighted by Crippen LogP contribution is -2.31. The minimum Gasteiger partial charge on any atom is -0.378 e. The second kappa shape index (κ2) is 8.73. The maximum atomic E-state index is 11.7. The van der Waals surface area contributed by atoms with Crippen LogP contribution in [0.4, 0.5) is 0 Å². The zero-order chi connectivity index (χ0) is 11.9. The zero-order valence-electron chi connectivity index (χ0n) is 11.0. The van der Waals surface area contributed by atoms with Crippen molar-refractivity contribution in [3.63, 3.8) is 0 Å². The van der Waals surface area contributed by atoms with E-state index in [0.717, 1.165) is 51.4 Å². The lowest BCUT2D eigenvalue weighted by atomic mass is 10.0. The van der Waals surface area contributed by atoms with Gasteiger partial charge < -0.3 is 15.4 Å². The van der Waals surface area contributed by atoms with Crippen molar-refractivity contribution in [2.45, 2.75) is 44.6 Å². The molecule has 0 spiro atoms. The first kappa shape index (κ1) is 15.7. The molecular formula is C13H25ClN2O2. The van der Waals surface area contributed by atoms with Crippen molar-refractivity contribution < 1.29 is 9.53 Å². The molecule has 2 N–H and O–H groups in total. The number of ether oxygens (including phenoxy) is 1. The molecule has 18 heavy (non-hydrogen) atoms. The molecule has 0 aromatic carbocycles. The molecule has 0 aliphatic carbocycles. The quantitative estimate of drug-likeness (QED) is 0.800. The van der Waals surface area contributed by atoms with Crippen LogP contribution in [0.5, 0.6) is 0 Å². The Kier molecular flexibility index (Phi) is 7.63. The normalized spacial score (nSPS) is 27.6. The van der Waals surface area contributed by atoms with Gasteiger partial charge in [-0.1, -0.05) is 0 Å². The van der Waals surface area contributed by atoms with E-state index in [1.807, 2.05) is 0 Å². The van der Waals surface area contributed by atoms with Crippen LogP contribution < -0.4 is 10.6 Å². The van der Waals surface area contributed by atoms with E-state index in [1.165, 1.54) is 12.8 Å². The van der Waals surface area contributed by atoms with Gasteiger partial charge >= 0.3 is 0 Å². The van der Waals surface area contributed by atoms with Crippen LogP contribution in [0.15, 0.2) is 0 Å². The molecule has 0 bridgehead atoms. The fraction of sp³-hybridized carbons (Fsp3) is 0.923. The molecule has 4 nitrogen and oxygen atoms in total. The molecular weight excluding hydrogens is 252 g/mol. The summed E-state index contributed by atoms with van der Waals surface area (Å²) >= 11 is 0. The van der Waals surface area contributed by atoms with Crippen LogP contribution in [0.1, 0.15) is 38.5 Å². The molecule has 2 heterocycles. The van der Waals surface area contributed by atoms with E-state index in [2.05, 4.69) is 10.6 Å². The molecule has 0 saturated carbocycles. The van der Waals surface area contributed by atoms with Crippen molar-refractivity contribution >= 4 is 18.3 Å². The number of amides is 1. The summed E-state index contributed by atoms with van der Waals surface area (Å²) in [7, 11) is 0. The maximum absolute atomic E-state index is 11.7. The van der Waals surface area contributed by atoms with Crippen LogP contribution in [0, 0.1) is 5.92 Å². The number of rotatable bonds is 5. The fourth-order valence-electron chi connectivity index (χ4n) is 2.62. The highest BCUT2D eigenvalue weighted by Gasteiger charge is 2.18. The van der Waals surface area contributed by atoms with Gasteiger partial charge in [0, 0.05) is 13.2 Å². The predicted octanol–water partition coefficient (Wildman–Crippen LogP) is 1.48. The average Bonchev–Trinajstić information content (AvgIpc) is 2.83. The van der Waals surface area contributed by atoms with Gasteiger partial charge in [-0.15, -0.1) is 12.4 Å². The third kappa shape index (κ3) is 5.55. The summed E-state index contributed by atoms with van der Waals surface area (Å²) < 4.78 is 5.56. The van der Waals surface area contributed by atoms with Gasteiger partial charge in [-0.25, -0.2) is 0 Å². The fourth-order valence-corrected chi connectivity index (χ4v) is 2.62. The Morgan fingerprint density at radius 3 is 2.89 bits per heavy atom. The summed E-state index contributed by atoms with van der Waals surface area (Å²) in [4.78, 5) is 11.7. The highest BCUT2D eigenvalue weighted by Crippen LogP contribution is 2.15. The van der Waals surface area contributed by atoms with Gasteiger partial charge in [0.25, 0.3) is 0 Å². The first-order valence-corrected chi connectivity index (χ1v) is 6.93. The van der Waals surface area contributed by atoms with Crippen LogP contribution in [-0.4, -0.2) is 38.3 Å². The highest BCUT2D eigenvalue weighted by atomic mass is 35.5. The second-order valence-electron chi connectivity index (χ2n) is 5.19. The highest BCUT2D eigenvalue weighted by molar-refractivity contribution is 5.85. The largest absolute Gasteiger partial charge is 0.378 e. The van der Waals surface area contributed by atoms with Gasteiger partial charge in [0.1, 0.15) is 0 Å². The molecule has 0 radical (unpaired) electrons.